The second-order valence-corrected chi connectivity index (χ2v) is 1.75. The molecule has 0 bridgehead atoms. The summed E-state index contributed by atoms with van der Waals surface area (Å²) >= 11 is 0. The molecule has 0 spiro atoms. The van der Waals surface area contributed by atoms with Gasteiger partial charge in [0, 0.05) is 0 Å². The van der Waals surface area contributed by atoms with Crippen molar-refractivity contribution in [2.24, 2.45) is 0 Å². The second kappa shape index (κ2) is 6.55. The van der Waals surface area contributed by atoms with E-state index in [-0.39, 0.29) is 5.97 Å². The highest BCUT2D eigenvalue weighted by Gasteiger charge is 2.04. The van der Waals surface area contributed by atoms with Crippen molar-refractivity contribution >= 4 is 5.97 Å². The van der Waals surface area contributed by atoms with Gasteiger partial charge in [0.15, 0.2) is 0 Å². The van der Waals surface area contributed by atoms with Crippen LogP contribution in [0.1, 0.15) is 20.3 Å². The smallest absolute Gasteiger partial charge is 0.319 e. The van der Waals surface area contributed by atoms with Gasteiger partial charge in [-0.15, -0.1) is 0 Å². The Kier molecular flexibility index (Phi) is 6.18. The minimum atomic E-state index is -0.137. The summed E-state index contributed by atoms with van der Waals surface area (Å²) in [6, 6.07) is 0. The molecular weight excluding hydrogens is 130 g/mol. The third-order valence-electron chi connectivity index (χ3n) is 1.03. The summed E-state index contributed by atoms with van der Waals surface area (Å²) in [5, 5.41) is 2.92. The fraction of sp³-hybridized carbons (Fsp3) is 0.857. The normalized spacial score (nSPS) is 18.0. The Balaban J connectivity index is 0.000000371. The Morgan fingerprint density at radius 2 is 2.20 bits per heavy atom. The first-order valence-electron chi connectivity index (χ1n) is 3.76. The summed E-state index contributed by atoms with van der Waals surface area (Å²) < 4.78 is 4.70. The first kappa shape index (κ1) is 9.43. The summed E-state index contributed by atoms with van der Waals surface area (Å²) in [4.78, 5) is 10.4. The predicted octanol–water partition coefficient (Wildman–Crippen LogP) is 0.549. The Bertz CT molecular complexity index is 83.6. The van der Waals surface area contributed by atoms with Gasteiger partial charge in [-0.2, -0.15) is 0 Å². The molecule has 10 heavy (non-hydrogen) atoms. The van der Waals surface area contributed by atoms with E-state index in [1.165, 1.54) is 0 Å². The van der Waals surface area contributed by atoms with Gasteiger partial charge in [0.05, 0.1) is 13.2 Å². The topological polar surface area (TPSA) is 38.3 Å². The van der Waals surface area contributed by atoms with Crippen LogP contribution >= 0.6 is 0 Å². The van der Waals surface area contributed by atoms with Gasteiger partial charge in [0.1, 0.15) is 0 Å². The van der Waals surface area contributed by atoms with Crippen molar-refractivity contribution in [1.82, 2.24) is 5.32 Å². The Hall–Kier alpha value is -0.570. The maximum absolute atomic E-state index is 10.4. The molecule has 3 heteroatoms. The Morgan fingerprint density at radius 1 is 1.50 bits per heavy atom. The molecule has 1 saturated heterocycles. The maximum atomic E-state index is 10.4. The van der Waals surface area contributed by atoms with Gasteiger partial charge in [-0.25, -0.2) is 0 Å². The van der Waals surface area contributed by atoms with Crippen molar-refractivity contribution in [1.29, 1.82) is 0 Å². The molecule has 0 aromatic heterocycles. The second-order valence-electron chi connectivity index (χ2n) is 1.75. The number of carbonyl (C=O) groups is 1. The molecule has 0 atom stereocenters. The van der Waals surface area contributed by atoms with Gasteiger partial charge in [-0.1, -0.05) is 13.8 Å². The van der Waals surface area contributed by atoms with Crippen LogP contribution in [0.2, 0.25) is 0 Å². The summed E-state index contributed by atoms with van der Waals surface area (Å²) in [5.74, 6) is -0.137. The fourth-order valence-corrected chi connectivity index (χ4v) is 0.625. The van der Waals surface area contributed by atoms with Crippen molar-refractivity contribution in [3.63, 3.8) is 0 Å². The number of nitrogens with one attached hydrogen (secondary N) is 1. The number of rotatable bonds is 0. The van der Waals surface area contributed by atoms with E-state index in [9.17, 15) is 4.79 Å². The average molecular weight is 145 g/mol. The molecule has 0 radical (unpaired) electrons. The molecule has 60 valence electrons. The van der Waals surface area contributed by atoms with Crippen molar-refractivity contribution < 1.29 is 9.53 Å². The van der Waals surface area contributed by atoms with Gasteiger partial charge in [-0.05, 0) is 13.0 Å². The van der Waals surface area contributed by atoms with Crippen LogP contribution in [0.4, 0.5) is 0 Å². The van der Waals surface area contributed by atoms with Crippen molar-refractivity contribution in [3.8, 4) is 0 Å². The van der Waals surface area contributed by atoms with Crippen LogP contribution in [-0.4, -0.2) is 25.7 Å². The highest BCUT2D eigenvalue weighted by atomic mass is 16.5. The van der Waals surface area contributed by atoms with Gasteiger partial charge in [0.25, 0.3) is 0 Å². The lowest BCUT2D eigenvalue weighted by molar-refractivity contribution is -0.141. The highest BCUT2D eigenvalue weighted by Crippen LogP contribution is 1.86. The van der Waals surface area contributed by atoms with Crippen molar-refractivity contribution in [2.75, 3.05) is 19.7 Å². The van der Waals surface area contributed by atoms with E-state index in [4.69, 9.17) is 4.74 Å². The van der Waals surface area contributed by atoms with E-state index in [1.807, 2.05) is 13.8 Å². The number of carbonyl (C=O) groups excluding carboxylic acids is 1. The Labute approximate surface area is 61.8 Å². The van der Waals surface area contributed by atoms with Crippen LogP contribution in [-0.2, 0) is 9.53 Å². The molecule has 0 aromatic carbocycles. The van der Waals surface area contributed by atoms with Gasteiger partial charge >= 0.3 is 5.97 Å². The van der Waals surface area contributed by atoms with E-state index in [0.717, 1.165) is 13.0 Å². The molecule has 0 amide bonds. The quantitative estimate of drug-likeness (QED) is 0.506. The first-order valence-corrected chi connectivity index (χ1v) is 3.76. The lowest BCUT2D eigenvalue weighted by Crippen LogP contribution is -2.20. The van der Waals surface area contributed by atoms with Crippen LogP contribution in [0.25, 0.3) is 0 Å². The van der Waals surface area contributed by atoms with E-state index in [0.29, 0.717) is 13.2 Å². The standard InChI is InChI=1S/C5H9NO2.C2H6/c7-5-4-6-2-1-3-8-5;1-2/h6H,1-4H2;1-2H3. The summed E-state index contributed by atoms with van der Waals surface area (Å²) in [5.41, 5.74) is 0. The number of hydrogen-bond acceptors (Lipinski definition) is 3. The van der Waals surface area contributed by atoms with E-state index in [1.54, 1.807) is 0 Å². The molecule has 1 rings (SSSR count). The van der Waals surface area contributed by atoms with Gasteiger partial charge < -0.3 is 10.1 Å². The number of hydrogen-bond donors (Lipinski definition) is 1. The minimum absolute atomic E-state index is 0.137. The van der Waals surface area contributed by atoms with Crippen LogP contribution in [0.5, 0.6) is 0 Å². The molecule has 0 aliphatic carbocycles. The number of esters is 1. The van der Waals surface area contributed by atoms with Crippen LogP contribution in [0, 0.1) is 0 Å². The maximum Gasteiger partial charge on any atom is 0.319 e. The molecule has 3 nitrogen and oxygen atoms in total. The molecular formula is C7H15NO2. The minimum Gasteiger partial charge on any atom is -0.465 e. The Morgan fingerprint density at radius 3 is 2.90 bits per heavy atom. The van der Waals surface area contributed by atoms with Gasteiger partial charge in [0.2, 0.25) is 0 Å². The fourth-order valence-electron chi connectivity index (χ4n) is 0.625. The molecule has 1 aliphatic rings. The van der Waals surface area contributed by atoms with Crippen LogP contribution in [0.3, 0.4) is 0 Å². The average Bonchev–Trinajstić information content (AvgIpc) is 2.21. The summed E-state index contributed by atoms with van der Waals surface area (Å²) in [6.07, 6.45) is 0.936. The third-order valence-corrected chi connectivity index (χ3v) is 1.03. The highest BCUT2D eigenvalue weighted by molar-refractivity contribution is 5.71. The molecule has 1 aliphatic heterocycles. The van der Waals surface area contributed by atoms with Gasteiger partial charge in [-0.3, -0.25) is 4.79 Å². The summed E-state index contributed by atoms with van der Waals surface area (Å²) in [7, 11) is 0. The zero-order valence-corrected chi connectivity index (χ0v) is 6.64. The molecule has 1 fully saturated rings. The largest absolute Gasteiger partial charge is 0.465 e. The van der Waals surface area contributed by atoms with Crippen molar-refractivity contribution in [2.45, 2.75) is 20.3 Å². The molecule has 0 aromatic rings. The number of cyclic esters (lactones) is 1. The number of ether oxygens (including phenoxy) is 1. The lowest BCUT2D eigenvalue weighted by Gasteiger charge is -1.93. The lowest BCUT2D eigenvalue weighted by atomic mass is 10.5. The van der Waals surface area contributed by atoms with Crippen LogP contribution < -0.4 is 5.32 Å². The zero-order chi connectivity index (χ0) is 7.82. The van der Waals surface area contributed by atoms with Crippen LogP contribution in [0.15, 0.2) is 0 Å². The third kappa shape index (κ3) is 4.32. The van der Waals surface area contributed by atoms with Crippen molar-refractivity contribution in [3.05, 3.63) is 0 Å². The zero-order valence-electron chi connectivity index (χ0n) is 6.64. The van der Waals surface area contributed by atoms with E-state index >= 15 is 0 Å². The summed E-state index contributed by atoms with van der Waals surface area (Å²) in [6.45, 7) is 5.84. The molecule has 0 saturated carbocycles. The SMILES string of the molecule is CC.O=C1CNCCCO1. The molecule has 1 N–H and O–H groups in total. The van der Waals surface area contributed by atoms with E-state index < -0.39 is 0 Å². The monoisotopic (exact) mass is 145 g/mol. The molecule has 0 unspecified atom stereocenters. The predicted molar refractivity (Wildman–Crippen MR) is 39.8 cm³/mol. The molecule has 1 heterocycles. The first-order chi connectivity index (χ1) is 4.89. The van der Waals surface area contributed by atoms with E-state index in [2.05, 4.69) is 5.32 Å².